The molecule has 0 aliphatic heterocycles. The van der Waals surface area contributed by atoms with Crippen LogP contribution in [-0.4, -0.2) is 18.4 Å². The predicted molar refractivity (Wildman–Crippen MR) is 40.5 cm³/mol. The van der Waals surface area contributed by atoms with Gasteiger partial charge in [-0.25, -0.2) is 0 Å². The number of hydrogen-bond donors (Lipinski definition) is 0. The zero-order valence-electron chi connectivity index (χ0n) is 7.77. The van der Waals surface area contributed by atoms with Crippen LogP contribution in [-0.2, 0) is 9.09 Å². The molecular weight excluding hydrogens is 215 g/mol. The minimum Gasteiger partial charge on any atom is -0.315 e. The van der Waals surface area contributed by atoms with E-state index in [0.29, 0.717) is 5.82 Å². The second-order valence-corrected chi connectivity index (χ2v) is 4.25. The number of hydrogen-bond acceptors (Lipinski definition) is 2. The van der Waals surface area contributed by atoms with Crippen molar-refractivity contribution in [2.24, 2.45) is 0 Å². The van der Waals surface area contributed by atoms with Gasteiger partial charge in [0.25, 0.3) is 0 Å². The summed E-state index contributed by atoms with van der Waals surface area (Å²) in [6.45, 7) is 1.09. The van der Waals surface area contributed by atoms with Crippen molar-refractivity contribution >= 4 is 19.0 Å². The lowest BCUT2D eigenvalue weighted by Gasteiger charge is -2.12. The summed E-state index contributed by atoms with van der Waals surface area (Å²) in [5, 5.41) is 0. The van der Waals surface area contributed by atoms with Crippen LogP contribution in [0, 0.1) is 0 Å². The summed E-state index contributed by atoms with van der Waals surface area (Å²) in [7, 11) is -4.34. The molecule has 12 heavy (non-hydrogen) atoms. The lowest BCUT2D eigenvalue weighted by Crippen LogP contribution is -2.15. The molecule has 0 radical (unpaired) electrons. The molecule has 0 aliphatic rings. The summed E-state index contributed by atoms with van der Waals surface area (Å²) >= 11 is 4.98. The first-order chi connectivity index (χ1) is 6.02. The summed E-state index contributed by atoms with van der Waals surface area (Å²) in [5.74, 6) is 0.464. The molecule has 7 heteroatoms. The molecule has 2 nitrogen and oxygen atoms in total. The van der Waals surface area contributed by atoms with Crippen LogP contribution >= 0.6 is 19.0 Å². The second-order valence-electron chi connectivity index (χ2n) is 1.75. The predicted octanol–water partition coefficient (Wildman–Crippen LogP) is 3.18. The highest BCUT2D eigenvalue weighted by Crippen LogP contribution is 2.49. The monoisotopic (exact) mass is 224 g/mol. The van der Waals surface area contributed by atoms with Gasteiger partial charge in [0.1, 0.15) is 5.57 Å². The normalized spacial score (nSPS) is 20.7. The summed E-state index contributed by atoms with van der Waals surface area (Å²) in [6, 6.07) is 0. The molecular formula is C5H7ClF3O2P. The Balaban J connectivity index is 4.61. The summed E-state index contributed by atoms with van der Waals surface area (Å²) in [4.78, 5) is 0. The van der Waals surface area contributed by atoms with Crippen molar-refractivity contribution in [2.75, 3.05) is 12.2 Å². The van der Waals surface area contributed by atoms with Gasteiger partial charge in [-0.05, 0) is 5.82 Å². The van der Waals surface area contributed by atoms with E-state index in [0.717, 1.165) is 0 Å². The van der Waals surface area contributed by atoms with Crippen molar-refractivity contribution in [1.82, 2.24) is 0 Å². The third-order valence-electron chi connectivity index (χ3n) is 0.778. The Morgan fingerprint density at radius 2 is 2.25 bits per heavy atom. The van der Waals surface area contributed by atoms with Crippen molar-refractivity contribution in [3.63, 3.8) is 0 Å². The zero-order valence-corrected chi connectivity index (χ0v) is 7.42. The van der Waals surface area contributed by atoms with Gasteiger partial charge in [-0.2, -0.15) is 13.2 Å². The third kappa shape index (κ3) is 4.80. The lowest BCUT2D eigenvalue weighted by atomic mass is 10.7. The summed E-state index contributed by atoms with van der Waals surface area (Å²) in [6.07, 6.45) is -4.69. The van der Waals surface area contributed by atoms with Gasteiger partial charge in [-0.15, -0.1) is 11.6 Å². The average Bonchev–Trinajstić information content (AvgIpc) is 1.96. The minimum atomic E-state index is -4.69. The molecule has 0 aromatic rings. The Hall–Kier alpha value is 0.01000. The SMILES string of the molecule is [2H]C([2H])(Cl)P(=O)(C=C)OCC(F)(F)F. The topological polar surface area (TPSA) is 26.3 Å². The summed E-state index contributed by atoms with van der Waals surface area (Å²) in [5.41, 5.74) is -2.89. The molecule has 0 spiro atoms. The van der Waals surface area contributed by atoms with Gasteiger partial charge in [-0.1, -0.05) is 6.58 Å². The van der Waals surface area contributed by atoms with Gasteiger partial charge in [0.05, 0.1) is 2.74 Å². The smallest absolute Gasteiger partial charge is 0.315 e. The molecule has 0 bridgehead atoms. The zero-order chi connectivity index (χ0) is 11.6. The van der Waals surface area contributed by atoms with E-state index in [4.69, 9.17) is 14.3 Å². The lowest BCUT2D eigenvalue weighted by molar-refractivity contribution is -0.152. The van der Waals surface area contributed by atoms with E-state index in [1.54, 1.807) is 0 Å². The van der Waals surface area contributed by atoms with Crippen LogP contribution in [0.25, 0.3) is 0 Å². The minimum absolute atomic E-state index is 0.464. The van der Waals surface area contributed by atoms with Gasteiger partial charge in [0.2, 0.25) is 7.37 Å². The average molecular weight is 225 g/mol. The first kappa shape index (κ1) is 8.60. The van der Waals surface area contributed by atoms with Gasteiger partial charge >= 0.3 is 6.18 Å². The molecule has 0 amide bonds. The van der Waals surface area contributed by atoms with Crippen molar-refractivity contribution in [2.45, 2.75) is 6.18 Å². The van der Waals surface area contributed by atoms with Crippen LogP contribution in [0.5, 0.6) is 0 Å². The van der Waals surface area contributed by atoms with E-state index in [1.807, 2.05) is 0 Å². The van der Waals surface area contributed by atoms with E-state index >= 15 is 0 Å². The van der Waals surface area contributed by atoms with Crippen molar-refractivity contribution < 1.29 is 25.0 Å². The van der Waals surface area contributed by atoms with Crippen molar-refractivity contribution in [3.8, 4) is 0 Å². The van der Waals surface area contributed by atoms with E-state index in [2.05, 4.69) is 11.1 Å². The number of halogens is 4. The molecule has 0 rings (SSSR count). The van der Waals surface area contributed by atoms with Gasteiger partial charge in [0.15, 0.2) is 6.61 Å². The first-order valence-corrected chi connectivity index (χ1v) is 4.73. The van der Waals surface area contributed by atoms with Crippen LogP contribution in [0.3, 0.4) is 0 Å². The number of alkyl halides is 4. The maximum Gasteiger partial charge on any atom is 0.412 e. The molecule has 0 heterocycles. The molecule has 1 atom stereocenters. The highest BCUT2D eigenvalue weighted by atomic mass is 35.5. The summed E-state index contributed by atoms with van der Waals surface area (Å²) < 4.78 is 63.8. The van der Waals surface area contributed by atoms with Gasteiger partial charge < -0.3 is 4.52 Å². The van der Waals surface area contributed by atoms with Crippen molar-refractivity contribution in [1.29, 1.82) is 0 Å². The standard InChI is InChI=1S/C5H7ClF3O2P/c1-2-12(10,4-6)11-3-5(7,8)9/h2H,1,3-4H2/i4D2. The highest BCUT2D eigenvalue weighted by molar-refractivity contribution is 7.63. The molecule has 1 unspecified atom stereocenters. The molecule has 0 N–H and O–H groups in total. The molecule has 0 aromatic heterocycles. The molecule has 0 saturated carbocycles. The molecule has 0 fully saturated rings. The Kier molecular flexibility index (Phi) is 3.08. The molecule has 0 aliphatic carbocycles. The van der Waals surface area contributed by atoms with Crippen LogP contribution in [0.2, 0.25) is 0 Å². The number of rotatable bonds is 4. The maximum atomic E-state index is 11.7. The Bertz CT molecular complexity index is 263. The van der Waals surface area contributed by atoms with Gasteiger partial charge in [-0.3, -0.25) is 4.57 Å². The van der Waals surface area contributed by atoms with E-state index in [-0.39, 0.29) is 0 Å². The fourth-order valence-electron chi connectivity index (χ4n) is 0.281. The fourth-order valence-corrected chi connectivity index (χ4v) is 1.20. The fraction of sp³-hybridized carbons (Fsp3) is 0.600. The van der Waals surface area contributed by atoms with E-state index in [1.165, 1.54) is 0 Å². The molecule has 72 valence electrons. The van der Waals surface area contributed by atoms with Crippen LogP contribution < -0.4 is 0 Å². The van der Waals surface area contributed by atoms with E-state index < -0.39 is 25.7 Å². The Morgan fingerprint density at radius 3 is 2.50 bits per heavy atom. The maximum absolute atomic E-state index is 11.7. The largest absolute Gasteiger partial charge is 0.412 e. The van der Waals surface area contributed by atoms with Crippen molar-refractivity contribution in [3.05, 3.63) is 12.4 Å². The first-order valence-electron chi connectivity index (χ1n) is 3.65. The quantitative estimate of drug-likeness (QED) is 0.542. The molecule has 0 saturated heterocycles. The van der Waals surface area contributed by atoms with Crippen LogP contribution in [0.1, 0.15) is 2.74 Å². The highest BCUT2D eigenvalue weighted by Gasteiger charge is 2.31. The molecule has 0 aromatic carbocycles. The third-order valence-corrected chi connectivity index (χ3v) is 2.71. The second kappa shape index (κ2) is 4.30. The van der Waals surface area contributed by atoms with E-state index in [9.17, 15) is 17.7 Å². The van der Waals surface area contributed by atoms with Crippen LogP contribution in [0.15, 0.2) is 12.4 Å². The van der Waals surface area contributed by atoms with Gasteiger partial charge in [0, 0.05) is 0 Å². The Labute approximate surface area is 75.6 Å². The Morgan fingerprint density at radius 1 is 1.75 bits per heavy atom. The van der Waals surface area contributed by atoms with Crippen LogP contribution in [0.4, 0.5) is 13.2 Å².